The first-order valence-corrected chi connectivity index (χ1v) is 9.88. The Morgan fingerprint density at radius 2 is 1.06 bits per heavy atom. The summed E-state index contributed by atoms with van der Waals surface area (Å²) in [5, 5.41) is 0. The van der Waals surface area contributed by atoms with E-state index in [4.69, 9.17) is 14.2 Å². The second-order valence-electron chi connectivity index (χ2n) is 6.86. The fourth-order valence-electron chi connectivity index (χ4n) is 3.03. The van der Waals surface area contributed by atoms with Crippen LogP contribution < -0.4 is 14.2 Å². The van der Waals surface area contributed by atoms with Gasteiger partial charge in [-0.3, -0.25) is 9.59 Å². The van der Waals surface area contributed by atoms with Crippen molar-refractivity contribution in [2.45, 2.75) is 12.8 Å². The molecule has 0 spiro atoms. The van der Waals surface area contributed by atoms with Crippen LogP contribution >= 0.6 is 0 Å². The minimum Gasteiger partial charge on any atom is -0.496 e. The molecule has 3 amide bonds. The van der Waals surface area contributed by atoms with Crippen molar-refractivity contribution in [1.82, 2.24) is 4.90 Å². The Bertz CT molecular complexity index is 1010. The van der Waals surface area contributed by atoms with Crippen molar-refractivity contribution in [3.63, 3.8) is 0 Å². The third-order valence-electron chi connectivity index (χ3n) is 4.61. The van der Waals surface area contributed by atoms with Crippen LogP contribution in [-0.4, -0.2) is 37.0 Å². The number of imide groups is 3. The lowest BCUT2D eigenvalue weighted by atomic mass is 10.1. The van der Waals surface area contributed by atoms with Crippen molar-refractivity contribution in [2.24, 2.45) is 0 Å². The number of carbonyl (C=O) groups excluding carboxylic acids is 3. The first-order valence-electron chi connectivity index (χ1n) is 9.88. The van der Waals surface area contributed by atoms with Gasteiger partial charge in [0.1, 0.15) is 17.2 Å². The summed E-state index contributed by atoms with van der Waals surface area (Å²) in [6, 6.07) is 22.3. The SMILES string of the molecule is COc1cc(OC)cc(OC(=O)N(C(=O)Cc2ccccc2)C(=O)Cc2ccccc2)c1. The highest BCUT2D eigenvalue weighted by atomic mass is 16.6. The number of hydrogen-bond acceptors (Lipinski definition) is 6. The van der Waals surface area contributed by atoms with Crippen LogP contribution in [0.25, 0.3) is 0 Å². The zero-order valence-electron chi connectivity index (χ0n) is 17.8. The lowest BCUT2D eigenvalue weighted by Gasteiger charge is -2.19. The molecule has 3 aromatic carbocycles. The molecule has 0 aliphatic carbocycles. The monoisotopic (exact) mass is 433 g/mol. The van der Waals surface area contributed by atoms with Crippen LogP contribution in [0.1, 0.15) is 11.1 Å². The molecule has 3 rings (SSSR count). The second kappa shape index (κ2) is 10.8. The molecule has 7 nitrogen and oxygen atoms in total. The van der Waals surface area contributed by atoms with Crippen molar-refractivity contribution in [3.05, 3.63) is 90.0 Å². The van der Waals surface area contributed by atoms with Gasteiger partial charge in [0.15, 0.2) is 0 Å². The molecular weight excluding hydrogens is 410 g/mol. The number of methoxy groups -OCH3 is 2. The molecule has 0 N–H and O–H groups in total. The Morgan fingerprint density at radius 3 is 1.47 bits per heavy atom. The van der Waals surface area contributed by atoms with Crippen molar-refractivity contribution >= 4 is 17.9 Å². The fraction of sp³-hybridized carbons (Fsp3) is 0.160. The van der Waals surface area contributed by atoms with Gasteiger partial charge in [0.05, 0.1) is 27.1 Å². The molecule has 32 heavy (non-hydrogen) atoms. The Morgan fingerprint density at radius 1 is 0.656 bits per heavy atom. The number of benzene rings is 3. The maximum absolute atomic E-state index is 13.0. The van der Waals surface area contributed by atoms with Crippen LogP contribution in [0.5, 0.6) is 17.2 Å². The first kappa shape index (κ1) is 22.6. The van der Waals surface area contributed by atoms with Crippen LogP contribution in [0.15, 0.2) is 78.9 Å². The molecule has 0 bridgehead atoms. The lowest BCUT2D eigenvalue weighted by Crippen LogP contribution is -2.45. The molecule has 0 aliphatic rings. The topological polar surface area (TPSA) is 82.1 Å². The van der Waals surface area contributed by atoms with Crippen LogP contribution in [0.3, 0.4) is 0 Å². The summed E-state index contributed by atoms with van der Waals surface area (Å²) >= 11 is 0. The molecule has 0 atom stereocenters. The third-order valence-corrected chi connectivity index (χ3v) is 4.61. The molecule has 0 fully saturated rings. The Labute approximate surface area is 186 Å². The summed E-state index contributed by atoms with van der Waals surface area (Å²) in [6.07, 6.45) is -1.35. The van der Waals surface area contributed by atoms with Gasteiger partial charge in [-0.15, -0.1) is 0 Å². The third kappa shape index (κ3) is 5.95. The van der Waals surface area contributed by atoms with E-state index in [1.165, 1.54) is 26.4 Å². The van der Waals surface area contributed by atoms with Crippen LogP contribution in [0.2, 0.25) is 0 Å². The number of carbonyl (C=O) groups is 3. The molecule has 3 aromatic rings. The van der Waals surface area contributed by atoms with Gasteiger partial charge < -0.3 is 14.2 Å². The first-order chi connectivity index (χ1) is 15.5. The van der Waals surface area contributed by atoms with Crippen molar-refractivity contribution in [1.29, 1.82) is 0 Å². The van der Waals surface area contributed by atoms with E-state index in [0.29, 0.717) is 27.5 Å². The molecule has 7 heteroatoms. The average molecular weight is 433 g/mol. The Hall–Kier alpha value is -4.13. The van der Waals surface area contributed by atoms with E-state index in [-0.39, 0.29) is 18.6 Å². The van der Waals surface area contributed by atoms with Crippen LogP contribution in [0, 0.1) is 0 Å². The zero-order chi connectivity index (χ0) is 22.9. The van der Waals surface area contributed by atoms with Gasteiger partial charge in [0, 0.05) is 18.2 Å². The quantitative estimate of drug-likeness (QED) is 0.559. The van der Waals surface area contributed by atoms with E-state index >= 15 is 0 Å². The summed E-state index contributed by atoms with van der Waals surface area (Å²) < 4.78 is 15.7. The molecule has 0 unspecified atom stereocenters. The molecule has 164 valence electrons. The van der Waals surface area contributed by atoms with Gasteiger partial charge >= 0.3 is 6.09 Å². The summed E-state index contributed by atoms with van der Waals surface area (Å²) in [4.78, 5) is 39.5. The zero-order valence-corrected chi connectivity index (χ0v) is 17.8. The van der Waals surface area contributed by atoms with E-state index in [1.807, 2.05) is 12.1 Å². The van der Waals surface area contributed by atoms with Crippen molar-refractivity contribution in [2.75, 3.05) is 14.2 Å². The van der Waals surface area contributed by atoms with Gasteiger partial charge in [-0.25, -0.2) is 4.79 Å². The molecule has 0 aromatic heterocycles. The predicted molar refractivity (Wildman–Crippen MR) is 118 cm³/mol. The largest absolute Gasteiger partial charge is 0.496 e. The summed E-state index contributed by atoms with van der Waals surface area (Å²) in [5.74, 6) is -0.500. The highest BCUT2D eigenvalue weighted by molar-refractivity contribution is 6.10. The maximum atomic E-state index is 13.0. The number of ether oxygens (including phenoxy) is 3. The van der Waals surface area contributed by atoms with Gasteiger partial charge in [0.2, 0.25) is 11.8 Å². The fourth-order valence-corrected chi connectivity index (χ4v) is 3.03. The normalized spacial score (nSPS) is 10.2. The minimum atomic E-state index is -1.10. The highest BCUT2D eigenvalue weighted by Gasteiger charge is 2.30. The number of nitrogens with zero attached hydrogens (tertiary/aromatic N) is 1. The van der Waals surface area contributed by atoms with Gasteiger partial charge in [-0.05, 0) is 11.1 Å². The van der Waals surface area contributed by atoms with Crippen molar-refractivity contribution in [3.8, 4) is 17.2 Å². The Kier molecular flexibility index (Phi) is 7.59. The van der Waals surface area contributed by atoms with E-state index in [0.717, 1.165) is 0 Å². The van der Waals surface area contributed by atoms with Crippen LogP contribution in [0.4, 0.5) is 4.79 Å². The number of amides is 3. The van der Waals surface area contributed by atoms with E-state index in [1.54, 1.807) is 54.6 Å². The summed E-state index contributed by atoms with van der Waals surface area (Å²) in [5.41, 5.74) is 1.34. The molecule has 0 radical (unpaired) electrons. The molecule has 0 aliphatic heterocycles. The molecule has 0 saturated carbocycles. The standard InChI is InChI=1S/C25H23NO6/c1-30-20-15-21(31-2)17-22(16-20)32-25(29)26(23(27)13-18-9-5-3-6-10-18)24(28)14-19-11-7-4-8-12-19/h3-12,15-17H,13-14H2,1-2H3. The summed E-state index contributed by atoms with van der Waals surface area (Å²) in [7, 11) is 2.92. The number of hydrogen-bond donors (Lipinski definition) is 0. The van der Waals surface area contributed by atoms with Gasteiger partial charge in [-0.1, -0.05) is 60.7 Å². The van der Waals surface area contributed by atoms with E-state index in [2.05, 4.69) is 0 Å². The smallest absolute Gasteiger partial charge is 0.429 e. The lowest BCUT2D eigenvalue weighted by molar-refractivity contribution is -0.140. The number of rotatable bonds is 7. The molecule has 0 saturated heterocycles. The van der Waals surface area contributed by atoms with Gasteiger partial charge in [-0.2, -0.15) is 4.90 Å². The van der Waals surface area contributed by atoms with Crippen molar-refractivity contribution < 1.29 is 28.6 Å². The second-order valence-corrected chi connectivity index (χ2v) is 6.86. The van der Waals surface area contributed by atoms with Crippen LogP contribution in [-0.2, 0) is 22.4 Å². The molecular formula is C25H23NO6. The highest BCUT2D eigenvalue weighted by Crippen LogP contribution is 2.28. The van der Waals surface area contributed by atoms with E-state index in [9.17, 15) is 14.4 Å². The van der Waals surface area contributed by atoms with E-state index < -0.39 is 17.9 Å². The average Bonchev–Trinajstić information content (AvgIpc) is 2.80. The van der Waals surface area contributed by atoms with Gasteiger partial charge in [0.25, 0.3) is 0 Å². The summed E-state index contributed by atoms with van der Waals surface area (Å²) in [6.45, 7) is 0. The minimum absolute atomic E-state index is 0.0798. The Balaban J connectivity index is 1.86. The predicted octanol–water partition coefficient (Wildman–Crippen LogP) is 4.04. The maximum Gasteiger partial charge on any atom is 0.429 e. The molecule has 0 heterocycles.